The van der Waals surface area contributed by atoms with E-state index in [1.165, 1.54) is 6.26 Å². The number of carbonyl (C=O) groups is 2. The first-order valence-corrected chi connectivity index (χ1v) is 9.11. The summed E-state index contributed by atoms with van der Waals surface area (Å²) in [6.07, 6.45) is 2.30. The van der Waals surface area contributed by atoms with E-state index in [4.69, 9.17) is 4.74 Å². The normalized spacial score (nSPS) is 14.1. The SMILES string of the molecule is C[S@](=O)c1ccccc1C(=O)OCC(=O)N1CCc2ccccc21. The van der Waals surface area contributed by atoms with Gasteiger partial charge >= 0.3 is 5.97 Å². The van der Waals surface area contributed by atoms with Crippen molar-refractivity contribution in [2.45, 2.75) is 11.3 Å². The van der Waals surface area contributed by atoms with Gasteiger partial charge < -0.3 is 9.64 Å². The molecule has 0 aliphatic carbocycles. The fraction of sp³-hybridized carbons (Fsp3) is 0.222. The first-order chi connectivity index (χ1) is 11.6. The first kappa shape index (κ1) is 16.4. The van der Waals surface area contributed by atoms with Crippen LogP contribution < -0.4 is 4.90 Å². The summed E-state index contributed by atoms with van der Waals surface area (Å²) in [7, 11) is -1.30. The summed E-state index contributed by atoms with van der Waals surface area (Å²) >= 11 is 0. The number of ether oxygens (including phenoxy) is 1. The molecule has 124 valence electrons. The van der Waals surface area contributed by atoms with Gasteiger partial charge in [-0.2, -0.15) is 0 Å². The number of carbonyl (C=O) groups excluding carboxylic acids is 2. The van der Waals surface area contributed by atoms with Crippen molar-refractivity contribution in [2.24, 2.45) is 0 Å². The van der Waals surface area contributed by atoms with Crippen molar-refractivity contribution in [1.82, 2.24) is 0 Å². The third-order valence-corrected chi connectivity index (χ3v) is 4.91. The van der Waals surface area contributed by atoms with Gasteiger partial charge in [0.15, 0.2) is 6.61 Å². The molecular formula is C18H17NO4S. The van der Waals surface area contributed by atoms with Crippen LogP contribution in [0.4, 0.5) is 5.69 Å². The lowest BCUT2D eigenvalue weighted by molar-refractivity contribution is -0.121. The molecule has 1 heterocycles. The molecule has 2 aromatic carbocycles. The Balaban J connectivity index is 1.67. The van der Waals surface area contributed by atoms with Crippen LogP contribution in [-0.4, -0.2) is 35.5 Å². The molecule has 0 radical (unpaired) electrons. The lowest BCUT2D eigenvalue weighted by Crippen LogP contribution is -2.33. The van der Waals surface area contributed by atoms with Gasteiger partial charge in [0.05, 0.1) is 21.3 Å². The molecule has 1 amide bonds. The molecule has 24 heavy (non-hydrogen) atoms. The van der Waals surface area contributed by atoms with E-state index in [0.717, 1.165) is 17.7 Å². The van der Waals surface area contributed by atoms with Gasteiger partial charge in [-0.15, -0.1) is 0 Å². The van der Waals surface area contributed by atoms with Crippen LogP contribution in [0.15, 0.2) is 53.4 Å². The Morgan fingerprint density at radius 1 is 1.12 bits per heavy atom. The van der Waals surface area contributed by atoms with Gasteiger partial charge in [-0.1, -0.05) is 30.3 Å². The zero-order chi connectivity index (χ0) is 17.1. The van der Waals surface area contributed by atoms with Crippen LogP contribution >= 0.6 is 0 Å². The predicted octanol–water partition coefficient (Wildman–Crippen LogP) is 2.17. The van der Waals surface area contributed by atoms with Crippen molar-refractivity contribution < 1.29 is 18.5 Å². The second kappa shape index (κ2) is 6.97. The Bertz CT molecular complexity index is 818. The van der Waals surface area contributed by atoms with Crippen molar-refractivity contribution in [3.63, 3.8) is 0 Å². The lowest BCUT2D eigenvalue weighted by Gasteiger charge is -2.17. The highest BCUT2D eigenvalue weighted by Gasteiger charge is 2.25. The zero-order valence-electron chi connectivity index (χ0n) is 13.2. The Labute approximate surface area is 142 Å². The standard InChI is InChI=1S/C18H17NO4S/c1-24(22)16-9-5-3-7-14(16)18(21)23-12-17(20)19-11-10-13-6-2-4-8-15(13)19/h2-9H,10-12H2,1H3/t24-/m0/s1. The van der Waals surface area contributed by atoms with Crippen LogP contribution in [0.2, 0.25) is 0 Å². The van der Waals surface area contributed by atoms with Gasteiger partial charge in [0.25, 0.3) is 5.91 Å². The van der Waals surface area contributed by atoms with Gasteiger partial charge in [0.1, 0.15) is 0 Å². The maximum Gasteiger partial charge on any atom is 0.339 e. The highest BCUT2D eigenvalue weighted by molar-refractivity contribution is 7.84. The van der Waals surface area contributed by atoms with E-state index in [1.54, 1.807) is 29.2 Å². The molecule has 3 rings (SSSR count). The Morgan fingerprint density at radius 2 is 1.83 bits per heavy atom. The number of hydrogen-bond donors (Lipinski definition) is 0. The van der Waals surface area contributed by atoms with Crippen LogP contribution in [0.5, 0.6) is 0 Å². The van der Waals surface area contributed by atoms with E-state index in [9.17, 15) is 13.8 Å². The van der Waals surface area contributed by atoms with Crippen molar-refractivity contribution >= 4 is 28.4 Å². The molecule has 0 unspecified atom stereocenters. The van der Waals surface area contributed by atoms with Crippen LogP contribution in [0.3, 0.4) is 0 Å². The highest BCUT2D eigenvalue weighted by atomic mass is 32.2. The summed E-state index contributed by atoms with van der Waals surface area (Å²) in [5.41, 5.74) is 2.21. The largest absolute Gasteiger partial charge is 0.452 e. The smallest absolute Gasteiger partial charge is 0.339 e. The fourth-order valence-electron chi connectivity index (χ4n) is 2.77. The van der Waals surface area contributed by atoms with Crippen LogP contribution in [-0.2, 0) is 26.8 Å². The minimum atomic E-state index is -1.30. The Hall–Kier alpha value is -2.47. The average Bonchev–Trinajstić information content (AvgIpc) is 3.03. The molecular weight excluding hydrogens is 326 g/mol. The summed E-state index contributed by atoms with van der Waals surface area (Å²) in [4.78, 5) is 26.6. The second-order valence-corrected chi connectivity index (χ2v) is 6.80. The molecule has 0 N–H and O–H groups in total. The van der Waals surface area contributed by atoms with E-state index in [2.05, 4.69) is 0 Å². The minimum Gasteiger partial charge on any atom is -0.452 e. The van der Waals surface area contributed by atoms with Crippen molar-refractivity contribution in [2.75, 3.05) is 24.3 Å². The van der Waals surface area contributed by atoms with Gasteiger partial charge in [0, 0.05) is 18.5 Å². The molecule has 1 aliphatic heterocycles. The van der Waals surface area contributed by atoms with Gasteiger partial charge in [-0.3, -0.25) is 9.00 Å². The maximum atomic E-state index is 12.4. The summed E-state index contributed by atoms with van der Waals surface area (Å²) < 4.78 is 16.8. The quantitative estimate of drug-likeness (QED) is 0.798. The zero-order valence-corrected chi connectivity index (χ0v) is 14.0. The van der Waals surface area contributed by atoms with Crippen molar-refractivity contribution in [3.8, 4) is 0 Å². The van der Waals surface area contributed by atoms with Crippen LogP contribution in [0.25, 0.3) is 0 Å². The molecule has 0 bridgehead atoms. The molecule has 2 aromatic rings. The summed E-state index contributed by atoms with van der Waals surface area (Å²) in [6.45, 7) is 0.253. The number of para-hydroxylation sites is 1. The molecule has 0 aromatic heterocycles. The first-order valence-electron chi connectivity index (χ1n) is 7.56. The van der Waals surface area contributed by atoms with E-state index in [0.29, 0.717) is 11.4 Å². The number of amides is 1. The van der Waals surface area contributed by atoms with Crippen LogP contribution in [0, 0.1) is 0 Å². The van der Waals surface area contributed by atoms with Crippen molar-refractivity contribution in [1.29, 1.82) is 0 Å². The lowest BCUT2D eigenvalue weighted by atomic mass is 10.2. The third-order valence-electron chi connectivity index (χ3n) is 3.93. The number of fused-ring (bicyclic) bond motifs is 1. The summed E-state index contributed by atoms with van der Waals surface area (Å²) in [5, 5.41) is 0. The summed E-state index contributed by atoms with van der Waals surface area (Å²) in [5.74, 6) is -0.898. The monoisotopic (exact) mass is 343 g/mol. The van der Waals surface area contributed by atoms with E-state index < -0.39 is 16.8 Å². The summed E-state index contributed by atoms with van der Waals surface area (Å²) in [6, 6.07) is 14.2. The Morgan fingerprint density at radius 3 is 2.62 bits per heavy atom. The topological polar surface area (TPSA) is 63.7 Å². The molecule has 0 fully saturated rings. The van der Waals surface area contributed by atoms with Gasteiger partial charge in [-0.05, 0) is 30.2 Å². The molecule has 6 heteroatoms. The molecule has 0 saturated heterocycles. The fourth-order valence-corrected chi connectivity index (χ4v) is 3.50. The number of benzene rings is 2. The number of anilines is 1. The average molecular weight is 343 g/mol. The van der Waals surface area contributed by atoms with E-state index in [1.807, 2.05) is 24.3 Å². The molecule has 5 nitrogen and oxygen atoms in total. The number of rotatable bonds is 4. The number of nitrogens with zero attached hydrogens (tertiary/aromatic N) is 1. The minimum absolute atomic E-state index is 0.230. The molecule has 1 atom stereocenters. The van der Waals surface area contributed by atoms with Gasteiger partial charge in [-0.25, -0.2) is 4.79 Å². The molecule has 0 saturated carbocycles. The predicted molar refractivity (Wildman–Crippen MR) is 91.6 cm³/mol. The van der Waals surface area contributed by atoms with Crippen molar-refractivity contribution in [3.05, 3.63) is 59.7 Å². The van der Waals surface area contributed by atoms with Crippen LogP contribution in [0.1, 0.15) is 15.9 Å². The number of esters is 1. The third kappa shape index (κ3) is 3.23. The van der Waals surface area contributed by atoms with Gasteiger partial charge in [0.2, 0.25) is 0 Å². The molecule has 1 aliphatic rings. The van der Waals surface area contributed by atoms with E-state index >= 15 is 0 Å². The Kier molecular flexibility index (Phi) is 4.76. The molecule has 0 spiro atoms. The maximum absolute atomic E-state index is 12.4. The van der Waals surface area contributed by atoms with E-state index in [-0.39, 0.29) is 18.1 Å². The highest BCUT2D eigenvalue weighted by Crippen LogP contribution is 2.27. The second-order valence-electron chi connectivity index (χ2n) is 5.45. The number of hydrogen-bond acceptors (Lipinski definition) is 4.